The molecule has 29 heavy (non-hydrogen) atoms. The van der Waals surface area contributed by atoms with Crippen molar-refractivity contribution < 1.29 is 14.6 Å². The van der Waals surface area contributed by atoms with Gasteiger partial charge in [0.25, 0.3) is 0 Å². The van der Waals surface area contributed by atoms with Crippen LogP contribution in [0.25, 0.3) is 22.0 Å². The number of rotatable bonds is 4. The number of ether oxygens (including phenoxy) is 1. The van der Waals surface area contributed by atoms with E-state index >= 15 is 0 Å². The molecular weight excluding hydrogens is 417 g/mol. The third kappa shape index (κ3) is 3.65. The highest BCUT2D eigenvalue weighted by Crippen LogP contribution is 2.43. The normalized spacial score (nSPS) is 16.7. The molecule has 0 radical (unpaired) electrons. The van der Waals surface area contributed by atoms with Gasteiger partial charge >= 0.3 is 6.09 Å². The van der Waals surface area contributed by atoms with Crippen LogP contribution >= 0.6 is 23.2 Å². The fourth-order valence-electron chi connectivity index (χ4n) is 3.64. The summed E-state index contributed by atoms with van der Waals surface area (Å²) in [7, 11) is 0. The molecule has 150 valence electrons. The summed E-state index contributed by atoms with van der Waals surface area (Å²) in [6, 6.07) is 3.56. The minimum atomic E-state index is -1.23. The minimum absolute atomic E-state index is 0.0307. The highest BCUT2D eigenvalue weighted by atomic mass is 35.5. The molecule has 3 aromatic rings. The number of carboxylic acid groups (broad SMARTS) is 1. The molecule has 1 aliphatic rings. The number of nitrogens with zero attached hydrogens (tertiary/aromatic N) is 4. The lowest BCUT2D eigenvalue weighted by molar-refractivity contribution is -0.0394. The van der Waals surface area contributed by atoms with Crippen LogP contribution in [-0.2, 0) is 11.3 Å². The quantitative estimate of drug-likeness (QED) is 0.593. The number of nitriles is 1. The van der Waals surface area contributed by atoms with Gasteiger partial charge in [-0.1, -0.05) is 23.2 Å². The number of nitrogens with one attached hydrogen (secondary N) is 1. The van der Waals surface area contributed by atoms with Gasteiger partial charge in [-0.2, -0.15) is 10.4 Å². The highest BCUT2D eigenvalue weighted by molar-refractivity contribution is 6.46. The number of carbonyl (C=O) groups is 1. The van der Waals surface area contributed by atoms with E-state index in [1.165, 1.54) is 6.07 Å². The minimum Gasteiger partial charge on any atom is -0.465 e. The first-order valence-corrected chi connectivity index (χ1v) is 9.79. The average Bonchev–Trinajstić information content (AvgIpc) is 3.32. The SMILES string of the molecule is N#CCn1cc(-c2cnn(C3CCCCO3)c2)c2c(NC(=O)O)cc(Cl)c(Cl)c21. The van der Waals surface area contributed by atoms with Crippen molar-refractivity contribution in [2.24, 2.45) is 0 Å². The first kappa shape index (κ1) is 19.6. The Morgan fingerprint density at radius 2 is 2.24 bits per heavy atom. The third-order valence-corrected chi connectivity index (χ3v) is 5.66. The number of hydrogen-bond donors (Lipinski definition) is 2. The first-order valence-electron chi connectivity index (χ1n) is 9.03. The molecule has 2 N–H and O–H groups in total. The largest absolute Gasteiger partial charge is 0.465 e. The fraction of sp³-hybridized carbons (Fsp3) is 0.316. The molecule has 1 atom stereocenters. The van der Waals surface area contributed by atoms with Crippen LogP contribution in [-0.4, -0.2) is 32.2 Å². The van der Waals surface area contributed by atoms with Gasteiger partial charge in [-0.25, -0.2) is 9.48 Å². The Morgan fingerprint density at radius 1 is 1.41 bits per heavy atom. The number of aromatic nitrogens is 3. The van der Waals surface area contributed by atoms with E-state index in [0.29, 0.717) is 23.1 Å². The van der Waals surface area contributed by atoms with Crippen molar-refractivity contribution in [2.45, 2.75) is 32.0 Å². The van der Waals surface area contributed by atoms with Crippen LogP contribution < -0.4 is 5.32 Å². The second-order valence-corrected chi connectivity index (χ2v) is 7.52. The van der Waals surface area contributed by atoms with Gasteiger partial charge in [0.1, 0.15) is 12.8 Å². The van der Waals surface area contributed by atoms with Gasteiger partial charge in [0.15, 0.2) is 0 Å². The maximum absolute atomic E-state index is 11.3. The fourth-order valence-corrected chi connectivity index (χ4v) is 4.10. The highest BCUT2D eigenvalue weighted by Gasteiger charge is 2.22. The summed E-state index contributed by atoms with van der Waals surface area (Å²) in [5.74, 6) is 0. The van der Waals surface area contributed by atoms with E-state index in [1.54, 1.807) is 21.6 Å². The Hall–Kier alpha value is -2.73. The first-order chi connectivity index (χ1) is 14.0. The molecule has 0 bridgehead atoms. The number of amides is 1. The number of benzene rings is 1. The van der Waals surface area contributed by atoms with Gasteiger partial charge < -0.3 is 14.4 Å². The topological polar surface area (TPSA) is 105 Å². The summed E-state index contributed by atoms with van der Waals surface area (Å²) in [5.41, 5.74) is 2.23. The molecule has 1 amide bonds. The van der Waals surface area contributed by atoms with Gasteiger partial charge in [-0.3, -0.25) is 5.32 Å². The molecule has 1 saturated heterocycles. The summed E-state index contributed by atoms with van der Waals surface area (Å²) in [6.45, 7) is 0.727. The summed E-state index contributed by atoms with van der Waals surface area (Å²) in [5, 5.41) is 26.3. The zero-order valence-corrected chi connectivity index (χ0v) is 16.7. The van der Waals surface area contributed by atoms with Crippen molar-refractivity contribution >= 4 is 45.9 Å². The lowest BCUT2D eigenvalue weighted by Gasteiger charge is -2.22. The number of hydrogen-bond acceptors (Lipinski definition) is 4. The van der Waals surface area contributed by atoms with E-state index in [1.807, 2.05) is 6.20 Å². The molecule has 0 saturated carbocycles. The molecule has 0 spiro atoms. The van der Waals surface area contributed by atoms with Crippen LogP contribution in [0, 0.1) is 11.3 Å². The van der Waals surface area contributed by atoms with Crippen molar-refractivity contribution in [1.82, 2.24) is 14.3 Å². The Morgan fingerprint density at radius 3 is 2.93 bits per heavy atom. The van der Waals surface area contributed by atoms with Crippen molar-refractivity contribution in [3.8, 4) is 17.2 Å². The van der Waals surface area contributed by atoms with Crippen molar-refractivity contribution in [3.05, 3.63) is 34.7 Å². The molecule has 0 aliphatic carbocycles. The van der Waals surface area contributed by atoms with Crippen LogP contribution in [0.5, 0.6) is 0 Å². The summed E-state index contributed by atoms with van der Waals surface area (Å²) >= 11 is 12.6. The molecular formula is C19H17Cl2N5O3. The third-order valence-electron chi connectivity index (χ3n) is 4.88. The molecule has 2 aromatic heterocycles. The van der Waals surface area contributed by atoms with Crippen LogP contribution in [0.1, 0.15) is 25.5 Å². The molecule has 1 unspecified atom stereocenters. The predicted molar refractivity (Wildman–Crippen MR) is 109 cm³/mol. The van der Waals surface area contributed by atoms with Gasteiger partial charge in [0.2, 0.25) is 0 Å². The predicted octanol–water partition coefficient (Wildman–Crippen LogP) is 5.12. The Kier molecular flexibility index (Phi) is 5.37. The van der Waals surface area contributed by atoms with Crippen LogP contribution in [0.15, 0.2) is 24.7 Å². The van der Waals surface area contributed by atoms with E-state index < -0.39 is 6.09 Å². The van der Waals surface area contributed by atoms with Gasteiger partial charge in [-0.05, 0) is 25.3 Å². The van der Waals surface area contributed by atoms with Crippen molar-refractivity contribution in [1.29, 1.82) is 5.26 Å². The maximum atomic E-state index is 11.3. The summed E-state index contributed by atoms with van der Waals surface area (Å²) < 4.78 is 9.20. The molecule has 1 aromatic carbocycles. The lowest BCUT2D eigenvalue weighted by Crippen LogP contribution is -2.18. The Labute approximate surface area is 176 Å². The Bertz CT molecular complexity index is 1130. The Balaban J connectivity index is 1.90. The van der Waals surface area contributed by atoms with E-state index in [0.717, 1.165) is 24.8 Å². The van der Waals surface area contributed by atoms with Crippen molar-refractivity contribution in [3.63, 3.8) is 0 Å². The smallest absolute Gasteiger partial charge is 0.409 e. The summed E-state index contributed by atoms with van der Waals surface area (Å²) in [4.78, 5) is 11.3. The van der Waals surface area contributed by atoms with E-state index in [-0.39, 0.29) is 28.5 Å². The van der Waals surface area contributed by atoms with Gasteiger partial charge in [0.05, 0.1) is 33.5 Å². The zero-order valence-electron chi connectivity index (χ0n) is 15.2. The standard InChI is InChI=1S/C19H17Cl2N5O3/c20-13-7-14(24-19(27)28)16-12(10-25(5-4-22)18(16)17(13)21)11-8-23-26(9-11)15-3-1-2-6-29-15/h7-10,15,24H,1-3,5-6H2,(H,27,28). The summed E-state index contributed by atoms with van der Waals surface area (Å²) in [6.07, 6.45) is 6.94. The maximum Gasteiger partial charge on any atom is 0.409 e. The average molecular weight is 434 g/mol. The number of fused-ring (bicyclic) bond motifs is 1. The van der Waals surface area contributed by atoms with Gasteiger partial charge in [-0.15, -0.1) is 0 Å². The molecule has 4 rings (SSSR count). The van der Waals surface area contributed by atoms with Crippen LogP contribution in [0.3, 0.4) is 0 Å². The number of halogens is 2. The second kappa shape index (κ2) is 7.95. The monoisotopic (exact) mass is 433 g/mol. The van der Waals surface area contributed by atoms with Crippen molar-refractivity contribution in [2.75, 3.05) is 11.9 Å². The number of anilines is 1. The van der Waals surface area contributed by atoms with E-state index in [4.69, 9.17) is 27.9 Å². The van der Waals surface area contributed by atoms with Crippen LogP contribution in [0.2, 0.25) is 10.0 Å². The molecule has 10 heteroatoms. The van der Waals surface area contributed by atoms with Gasteiger partial charge in [0, 0.05) is 35.5 Å². The molecule has 3 heterocycles. The molecule has 1 aliphatic heterocycles. The van der Waals surface area contributed by atoms with Crippen LogP contribution in [0.4, 0.5) is 10.5 Å². The second-order valence-electron chi connectivity index (χ2n) is 6.73. The molecule has 8 nitrogen and oxygen atoms in total. The molecule has 1 fully saturated rings. The lowest BCUT2D eigenvalue weighted by atomic mass is 10.1. The zero-order chi connectivity index (χ0) is 20.5. The van der Waals surface area contributed by atoms with E-state index in [9.17, 15) is 15.2 Å². The van der Waals surface area contributed by atoms with E-state index in [2.05, 4.69) is 16.5 Å².